The van der Waals surface area contributed by atoms with E-state index in [1.807, 2.05) is 6.07 Å². The van der Waals surface area contributed by atoms with E-state index in [1.165, 1.54) is 66.8 Å². The second kappa shape index (κ2) is 14.9. The summed E-state index contributed by atoms with van der Waals surface area (Å²) >= 11 is 0. The Morgan fingerprint density at radius 3 is 1.47 bits per heavy atom. The molecule has 0 saturated heterocycles. The molecule has 1 spiro atoms. The highest BCUT2D eigenvalue weighted by Gasteiger charge is 2.50. The van der Waals surface area contributed by atoms with Crippen molar-refractivity contribution < 1.29 is 9.15 Å². The number of fused-ring (bicyclic) bond motifs is 20. The van der Waals surface area contributed by atoms with E-state index in [-0.39, 0.29) is 0 Å². The quantitative estimate of drug-likeness (QED) is 0.176. The predicted octanol–water partition coefficient (Wildman–Crippen LogP) is 18.2. The number of para-hydroxylation sites is 3. The van der Waals surface area contributed by atoms with Crippen LogP contribution in [0.4, 0.5) is 17.1 Å². The van der Waals surface area contributed by atoms with Gasteiger partial charge in [-0.3, -0.25) is 0 Å². The molecule has 0 bridgehead atoms. The molecule has 2 aliphatic carbocycles. The summed E-state index contributed by atoms with van der Waals surface area (Å²) in [4.78, 5) is 2.44. The summed E-state index contributed by atoms with van der Waals surface area (Å²) in [6, 6.07) is 90.9. The van der Waals surface area contributed by atoms with Gasteiger partial charge in [0.25, 0.3) is 0 Å². The molecular formula is C67H41NO2. The van der Waals surface area contributed by atoms with Crippen LogP contribution in [0.15, 0.2) is 253 Å². The summed E-state index contributed by atoms with van der Waals surface area (Å²) in [5.74, 6) is 1.69. The van der Waals surface area contributed by atoms with Crippen LogP contribution in [0.3, 0.4) is 0 Å². The van der Waals surface area contributed by atoms with Crippen LogP contribution in [0.5, 0.6) is 11.5 Å². The average Bonchev–Trinajstić information content (AvgIpc) is 3.85. The minimum Gasteiger partial charge on any atom is -0.456 e. The van der Waals surface area contributed by atoms with Gasteiger partial charge < -0.3 is 14.1 Å². The number of anilines is 3. The van der Waals surface area contributed by atoms with E-state index in [2.05, 4.69) is 248 Å². The molecule has 1 unspecified atom stereocenters. The van der Waals surface area contributed by atoms with Crippen LogP contribution in [0.25, 0.3) is 88.7 Å². The summed E-state index contributed by atoms with van der Waals surface area (Å²) < 4.78 is 13.3. The van der Waals surface area contributed by atoms with E-state index in [4.69, 9.17) is 9.15 Å². The van der Waals surface area contributed by atoms with Crippen LogP contribution in [-0.4, -0.2) is 0 Å². The van der Waals surface area contributed by atoms with Gasteiger partial charge in [0, 0.05) is 39.0 Å². The molecule has 3 aliphatic rings. The van der Waals surface area contributed by atoms with Gasteiger partial charge in [-0.05, 0) is 145 Å². The van der Waals surface area contributed by atoms with Crippen LogP contribution in [-0.2, 0) is 5.41 Å². The number of hydrogen-bond donors (Lipinski definition) is 0. The van der Waals surface area contributed by atoms with Gasteiger partial charge in [-0.2, -0.15) is 0 Å². The first kappa shape index (κ1) is 38.9. The van der Waals surface area contributed by atoms with E-state index in [0.717, 1.165) is 72.8 Å². The molecule has 1 atom stereocenters. The summed E-state index contributed by atoms with van der Waals surface area (Å²) in [5, 5.41) is 2.24. The molecule has 0 fully saturated rings. The maximum Gasteiger partial charge on any atom is 0.136 e. The molecule has 1 aliphatic heterocycles. The van der Waals surface area contributed by atoms with E-state index in [0.29, 0.717) is 0 Å². The Labute approximate surface area is 405 Å². The number of rotatable bonds is 4. The summed E-state index contributed by atoms with van der Waals surface area (Å²) in [6.07, 6.45) is 0. The normalized spacial score (nSPS) is 14.5. The lowest BCUT2D eigenvalue weighted by atomic mass is 9.65. The third-order valence-corrected chi connectivity index (χ3v) is 15.1. The fraction of sp³-hybridized carbons (Fsp3) is 0.0149. The van der Waals surface area contributed by atoms with E-state index in [1.54, 1.807) is 0 Å². The zero-order chi connectivity index (χ0) is 45.9. The lowest BCUT2D eigenvalue weighted by molar-refractivity contribution is 0.488. The van der Waals surface area contributed by atoms with Crippen LogP contribution >= 0.6 is 0 Å². The zero-order valence-electron chi connectivity index (χ0n) is 37.9. The Hall–Kier alpha value is -9.18. The minimum absolute atomic E-state index is 0.712. The molecular weight excluding hydrogens is 851 g/mol. The van der Waals surface area contributed by atoms with Gasteiger partial charge in [0.2, 0.25) is 0 Å². The highest BCUT2D eigenvalue weighted by molar-refractivity contribution is 6.09. The maximum absolute atomic E-state index is 6.68. The lowest BCUT2D eigenvalue weighted by Gasteiger charge is -2.36. The van der Waals surface area contributed by atoms with Crippen LogP contribution in [0.1, 0.15) is 22.3 Å². The van der Waals surface area contributed by atoms with E-state index < -0.39 is 5.41 Å². The van der Waals surface area contributed by atoms with E-state index >= 15 is 0 Å². The molecule has 2 heterocycles. The number of benzene rings is 11. The molecule has 0 radical (unpaired) electrons. The molecule has 70 heavy (non-hydrogen) atoms. The third kappa shape index (κ3) is 5.52. The summed E-state index contributed by atoms with van der Waals surface area (Å²) in [6.45, 7) is 0. The molecule has 0 amide bonds. The molecule has 11 aromatic carbocycles. The first-order valence-electron chi connectivity index (χ1n) is 24.1. The molecule has 0 N–H and O–H groups in total. The third-order valence-electron chi connectivity index (χ3n) is 15.1. The molecule has 326 valence electrons. The standard InChI is InChI=1S/C67H41NO2/c1-2-16-42(17-3-1)43-30-32-44(33-31-43)68(45-34-36-49-53-22-8-13-27-63(53)69-64-28-14-9-23-54(64)56(49)38-45)46-35-37-52-48-19-5-4-18-47(48)50-20-6-11-25-59(50)67(61(52)39-46)60-26-12-7-21-51(60)57-41-66-58(40-62(57)67)55-24-10-15-29-65(55)70-66/h1-41H. The van der Waals surface area contributed by atoms with Crippen molar-refractivity contribution in [2.75, 3.05) is 4.90 Å². The Morgan fingerprint density at radius 2 is 0.757 bits per heavy atom. The van der Waals surface area contributed by atoms with Gasteiger partial charge in [0.15, 0.2) is 0 Å². The molecule has 0 saturated carbocycles. The summed E-state index contributed by atoms with van der Waals surface area (Å²) in [5.41, 5.74) is 23.3. The Kier molecular flexibility index (Phi) is 8.28. The Bertz CT molecular complexity index is 4110. The van der Waals surface area contributed by atoms with Gasteiger partial charge in [0.05, 0.1) is 5.41 Å². The lowest BCUT2D eigenvalue weighted by Crippen LogP contribution is -2.29. The van der Waals surface area contributed by atoms with Crippen LogP contribution < -0.4 is 9.64 Å². The Balaban J connectivity index is 1.04. The maximum atomic E-state index is 6.68. The van der Waals surface area contributed by atoms with E-state index in [9.17, 15) is 0 Å². The van der Waals surface area contributed by atoms with Crippen molar-refractivity contribution >= 4 is 39.0 Å². The van der Waals surface area contributed by atoms with Crippen molar-refractivity contribution in [3.8, 4) is 78.3 Å². The van der Waals surface area contributed by atoms with Gasteiger partial charge in [-0.1, -0.05) is 182 Å². The first-order chi connectivity index (χ1) is 34.7. The zero-order valence-corrected chi connectivity index (χ0v) is 37.9. The number of hydrogen-bond acceptors (Lipinski definition) is 3. The van der Waals surface area contributed by atoms with Gasteiger partial charge in [0.1, 0.15) is 22.7 Å². The number of nitrogens with zero attached hydrogens (tertiary/aromatic N) is 1. The first-order valence-corrected chi connectivity index (χ1v) is 24.1. The largest absolute Gasteiger partial charge is 0.456 e. The van der Waals surface area contributed by atoms with Gasteiger partial charge in [-0.25, -0.2) is 0 Å². The van der Waals surface area contributed by atoms with Crippen molar-refractivity contribution in [1.82, 2.24) is 0 Å². The smallest absolute Gasteiger partial charge is 0.136 e. The van der Waals surface area contributed by atoms with Crippen LogP contribution in [0, 0.1) is 0 Å². The van der Waals surface area contributed by atoms with Crippen molar-refractivity contribution in [3.05, 3.63) is 271 Å². The average molecular weight is 892 g/mol. The van der Waals surface area contributed by atoms with Gasteiger partial charge >= 0.3 is 0 Å². The summed E-state index contributed by atoms with van der Waals surface area (Å²) in [7, 11) is 0. The van der Waals surface area contributed by atoms with Crippen molar-refractivity contribution in [2.45, 2.75) is 5.41 Å². The van der Waals surface area contributed by atoms with Crippen molar-refractivity contribution in [1.29, 1.82) is 0 Å². The molecule has 3 nitrogen and oxygen atoms in total. The fourth-order valence-corrected chi connectivity index (χ4v) is 12.1. The predicted molar refractivity (Wildman–Crippen MR) is 287 cm³/mol. The highest BCUT2D eigenvalue weighted by atomic mass is 16.5. The molecule has 15 rings (SSSR count). The topological polar surface area (TPSA) is 25.6 Å². The fourth-order valence-electron chi connectivity index (χ4n) is 12.1. The second-order valence-electron chi connectivity index (χ2n) is 18.7. The SMILES string of the molecule is c1ccc(-c2ccc(N(c3ccc4c(c3)-c3ccccc3Oc3ccccc3-4)c3ccc4c(c3)C3(c5ccccc5-c5ccccc5-4)c4ccccc4-c4cc5oc6ccccc6c5cc43)cc2)cc1. The van der Waals surface area contributed by atoms with Crippen molar-refractivity contribution in [3.63, 3.8) is 0 Å². The number of furan rings is 1. The minimum atomic E-state index is -0.712. The van der Waals surface area contributed by atoms with Crippen LogP contribution in [0.2, 0.25) is 0 Å². The molecule has 12 aromatic rings. The number of ether oxygens (including phenoxy) is 1. The van der Waals surface area contributed by atoms with Crippen molar-refractivity contribution in [2.24, 2.45) is 0 Å². The molecule has 1 aromatic heterocycles. The second-order valence-corrected chi connectivity index (χ2v) is 18.7. The highest BCUT2D eigenvalue weighted by Crippen LogP contribution is 2.63. The van der Waals surface area contributed by atoms with Gasteiger partial charge in [-0.15, -0.1) is 0 Å². The molecule has 3 heteroatoms. The monoisotopic (exact) mass is 891 g/mol. The Morgan fingerprint density at radius 1 is 0.271 bits per heavy atom.